The fraction of sp³-hybridized carbons (Fsp3) is 0.769. The Kier molecular flexibility index (Phi) is 3.84. The topological polar surface area (TPSA) is 49.5 Å². The Morgan fingerprint density at radius 2 is 2.24 bits per heavy atom. The van der Waals surface area contributed by atoms with Gasteiger partial charge in [0.05, 0.1) is 12.3 Å². The lowest BCUT2D eigenvalue weighted by atomic mass is 9.91. The van der Waals surface area contributed by atoms with Crippen molar-refractivity contribution in [3.63, 3.8) is 0 Å². The molecule has 1 aromatic rings. The molecule has 4 nitrogen and oxygen atoms in total. The van der Waals surface area contributed by atoms with E-state index in [0.29, 0.717) is 5.92 Å². The summed E-state index contributed by atoms with van der Waals surface area (Å²) in [7, 11) is 0. The van der Waals surface area contributed by atoms with Crippen LogP contribution in [0.5, 0.6) is 0 Å². The molecule has 2 unspecified atom stereocenters. The molecule has 0 amide bonds. The summed E-state index contributed by atoms with van der Waals surface area (Å²) in [4.78, 5) is 2.36. The predicted octanol–water partition coefficient (Wildman–Crippen LogP) is 1.88. The van der Waals surface area contributed by atoms with E-state index in [2.05, 4.69) is 17.0 Å². The molecule has 0 aromatic carbocycles. The summed E-state index contributed by atoms with van der Waals surface area (Å²) in [6.07, 6.45) is 2.42. The molecule has 0 spiro atoms. The van der Waals surface area contributed by atoms with Gasteiger partial charge in [-0.1, -0.05) is 12.1 Å². The van der Waals surface area contributed by atoms with Crippen LogP contribution >= 0.6 is 0 Å². The predicted molar refractivity (Wildman–Crippen MR) is 65.7 cm³/mol. The average Bonchev–Trinajstić information content (AvgIpc) is 2.61. The van der Waals surface area contributed by atoms with Crippen molar-refractivity contribution < 1.29 is 9.63 Å². The molecule has 0 saturated carbocycles. The fourth-order valence-electron chi connectivity index (χ4n) is 2.76. The monoisotopic (exact) mass is 238 g/mol. The Morgan fingerprint density at radius 1 is 1.47 bits per heavy atom. The average molecular weight is 238 g/mol. The summed E-state index contributed by atoms with van der Waals surface area (Å²) in [6.45, 7) is 8.30. The highest BCUT2D eigenvalue weighted by Gasteiger charge is 2.29. The number of likely N-dealkylation sites (tertiary alicyclic amines) is 1. The summed E-state index contributed by atoms with van der Waals surface area (Å²) in [5, 5.41) is 13.5. The first-order chi connectivity index (χ1) is 8.13. The third kappa shape index (κ3) is 2.53. The molecule has 0 aliphatic carbocycles. The number of piperidine rings is 1. The van der Waals surface area contributed by atoms with Crippen molar-refractivity contribution in [2.45, 2.75) is 46.2 Å². The van der Waals surface area contributed by atoms with Gasteiger partial charge >= 0.3 is 0 Å². The van der Waals surface area contributed by atoms with E-state index in [4.69, 9.17) is 4.52 Å². The molecule has 2 heterocycles. The molecule has 1 aromatic heterocycles. The summed E-state index contributed by atoms with van der Waals surface area (Å²) in [6, 6.07) is 0.275. The van der Waals surface area contributed by atoms with Gasteiger partial charge in [-0.2, -0.15) is 0 Å². The van der Waals surface area contributed by atoms with Crippen LogP contribution in [0.1, 0.15) is 36.8 Å². The van der Waals surface area contributed by atoms with Crippen molar-refractivity contribution >= 4 is 0 Å². The molecular weight excluding hydrogens is 216 g/mol. The summed E-state index contributed by atoms with van der Waals surface area (Å²) >= 11 is 0. The number of aliphatic hydroxyl groups is 1. The summed E-state index contributed by atoms with van der Waals surface area (Å²) in [5.74, 6) is 1.46. The molecule has 1 saturated heterocycles. The lowest BCUT2D eigenvalue weighted by Gasteiger charge is -2.38. The maximum absolute atomic E-state index is 9.52. The molecule has 1 N–H and O–H groups in total. The number of rotatable bonds is 3. The number of aromatic nitrogens is 1. The highest BCUT2D eigenvalue weighted by molar-refractivity contribution is 5.20. The van der Waals surface area contributed by atoms with Crippen LogP contribution in [0, 0.1) is 19.8 Å². The van der Waals surface area contributed by atoms with E-state index in [0.717, 1.165) is 24.5 Å². The van der Waals surface area contributed by atoms with Crippen molar-refractivity contribution in [1.82, 2.24) is 10.1 Å². The lowest BCUT2D eigenvalue weighted by molar-refractivity contribution is 0.0468. The van der Waals surface area contributed by atoms with Crippen LogP contribution in [0.3, 0.4) is 0 Å². The Labute approximate surface area is 103 Å². The minimum Gasteiger partial charge on any atom is -0.395 e. The molecule has 1 aliphatic rings. The number of aryl methyl sites for hydroxylation is 2. The van der Waals surface area contributed by atoms with E-state index in [1.54, 1.807) is 0 Å². The lowest BCUT2D eigenvalue weighted by Crippen LogP contribution is -2.46. The van der Waals surface area contributed by atoms with Gasteiger partial charge in [-0.25, -0.2) is 0 Å². The molecule has 1 aliphatic heterocycles. The number of hydrogen-bond donors (Lipinski definition) is 1. The molecule has 2 atom stereocenters. The zero-order valence-electron chi connectivity index (χ0n) is 10.9. The zero-order valence-corrected chi connectivity index (χ0v) is 10.9. The second-order valence-electron chi connectivity index (χ2n) is 5.14. The fourth-order valence-corrected chi connectivity index (χ4v) is 2.76. The van der Waals surface area contributed by atoms with Crippen LogP contribution in [0.2, 0.25) is 0 Å². The number of hydrogen-bond acceptors (Lipinski definition) is 4. The maximum Gasteiger partial charge on any atom is 0.138 e. The quantitative estimate of drug-likeness (QED) is 0.873. The SMILES string of the molecule is Cc1noc(C)c1CN1CCCC(C)C1CO. The molecule has 0 bridgehead atoms. The maximum atomic E-state index is 9.52. The van der Waals surface area contributed by atoms with Crippen LogP contribution in [0.25, 0.3) is 0 Å². The van der Waals surface area contributed by atoms with Gasteiger partial charge in [0, 0.05) is 18.2 Å². The molecule has 2 rings (SSSR count). The van der Waals surface area contributed by atoms with Gasteiger partial charge in [-0.15, -0.1) is 0 Å². The molecule has 1 fully saturated rings. The number of aliphatic hydroxyl groups excluding tert-OH is 1. The Morgan fingerprint density at radius 3 is 2.82 bits per heavy atom. The molecule has 0 radical (unpaired) electrons. The van der Waals surface area contributed by atoms with Gasteiger partial charge in [-0.05, 0) is 39.2 Å². The second kappa shape index (κ2) is 5.19. The van der Waals surface area contributed by atoms with Crippen molar-refractivity contribution in [3.05, 3.63) is 17.0 Å². The van der Waals surface area contributed by atoms with Gasteiger partial charge in [0.15, 0.2) is 0 Å². The van der Waals surface area contributed by atoms with E-state index in [9.17, 15) is 5.11 Å². The largest absolute Gasteiger partial charge is 0.395 e. The van der Waals surface area contributed by atoms with Gasteiger partial charge in [0.2, 0.25) is 0 Å². The van der Waals surface area contributed by atoms with Gasteiger partial charge in [0.1, 0.15) is 5.76 Å². The van der Waals surface area contributed by atoms with Crippen LogP contribution in [-0.4, -0.2) is 34.4 Å². The third-order valence-electron chi connectivity index (χ3n) is 3.96. The van der Waals surface area contributed by atoms with Gasteiger partial charge in [0.25, 0.3) is 0 Å². The van der Waals surface area contributed by atoms with Crippen LogP contribution in [0.15, 0.2) is 4.52 Å². The normalized spacial score (nSPS) is 26.4. The van der Waals surface area contributed by atoms with E-state index >= 15 is 0 Å². The Bertz CT molecular complexity index is 356. The van der Waals surface area contributed by atoms with E-state index in [-0.39, 0.29) is 12.6 Å². The van der Waals surface area contributed by atoms with Crippen molar-refractivity contribution in [3.8, 4) is 0 Å². The highest BCUT2D eigenvalue weighted by Crippen LogP contribution is 2.26. The van der Waals surface area contributed by atoms with Gasteiger partial charge in [-0.3, -0.25) is 4.90 Å². The second-order valence-corrected chi connectivity index (χ2v) is 5.14. The molecule has 96 valence electrons. The Hall–Kier alpha value is -0.870. The smallest absolute Gasteiger partial charge is 0.138 e. The highest BCUT2D eigenvalue weighted by atomic mass is 16.5. The minimum absolute atomic E-state index is 0.241. The summed E-state index contributed by atoms with van der Waals surface area (Å²) in [5.41, 5.74) is 2.15. The number of nitrogens with zero attached hydrogens (tertiary/aromatic N) is 2. The zero-order chi connectivity index (χ0) is 12.4. The van der Waals surface area contributed by atoms with Crippen molar-refractivity contribution in [1.29, 1.82) is 0 Å². The Balaban J connectivity index is 2.11. The summed E-state index contributed by atoms with van der Waals surface area (Å²) < 4.78 is 5.19. The molecular formula is C13H22N2O2. The van der Waals surface area contributed by atoms with E-state index < -0.39 is 0 Å². The first-order valence-corrected chi connectivity index (χ1v) is 6.40. The van der Waals surface area contributed by atoms with E-state index in [1.165, 1.54) is 18.4 Å². The standard InChI is InChI=1S/C13H22N2O2/c1-9-5-4-6-15(13(9)8-16)7-12-10(2)14-17-11(12)3/h9,13,16H,4-8H2,1-3H3. The first-order valence-electron chi connectivity index (χ1n) is 6.40. The molecule has 4 heteroatoms. The van der Waals surface area contributed by atoms with Gasteiger partial charge < -0.3 is 9.63 Å². The van der Waals surface area contributed by atoms with E-state index in [1.807, 2.05) is 13.8 Å². The van der Waals surface area contributed by atoms with Crippen molar-refractivity contribution in [2.75, 3.05) is 13.2 Å². The van der Waals surface area contributed by atoms with Crippen LogP contribution < -0.4 is 0 Å². The van der Waals surface area contributed by atoms with Crippen LogP contribution in [0.4, 0.5) is 0 Å². The van der Waals surface area contributed by atoms with Crippen molar-refractivity contribution in [2.24, 2.45) is 5.92 Å². The minimum atomic E-state index is 0.241. The first kappa shape index (κ1) is 12.6. The third-order valence-corrected chi connectivity index (χ3v) is 3.96. The molecule has 17 heavy (non-hydrogen) atoms. The van der Waals surface area contributed by atoms with Crippen LogP contribution in [-0.2, 0) is 6.54 Å².